The molecule has 118 valence electrons. The molecule has 0 saturated heterocycles. The first kappa shape index (κ1) is 17.0. The molecule has 0 unspecified atom stereocenters. The highest BCUT2D eigenvalue weighted by atomic mass is 16.3. The van der Waals surface area contributed by atoms with Crippen molar-refractivity contribution in [2.45, 2.75) is 20.4 Å². The highest BCUT2D eigenvalue weighted by molar-refractivity contribution is 6.04. The Balaban J connectivity index is 2.47. The average molecular weight is 310 g/mol. The summed E-state index contributed by atoms with van der Waals surface area (Å²) in [5, 5.41) is 18.4. The summed E-state index contributed by atoms with van der Waals surface area (Å²) in [6.07, 6.45) is 0. The van der Waals surface area contributed by atoms with Crippen molar-refractivity contribution in [3.05, 3.63) is 51.8 Å². The van der Waals surface area contributed by atoms with Crippen molar-refractivity contribution in [1.82, 2.24) is 9.38 Å². The molecule has 2 rings (SSSR count). The van der Waals surface area contributed by atoms with Crippen LogP contribution < -0.4 is 5.56 Å². The number of pyridine rings is 1. The van der Waals surface area contributed by atoms with E-state index in [1.165, 1.54) is 9.38 Å². The van der Waals surface area contributed by atoms with Gasteiger partial charge >= 0.3 is 0 Å². The van der Waals surface area contributed by atoms with E-state index in [0.717, 1.165) is 0 Å². The van der Waals surface area contributed by atoms with E-state index < -0.39 is 0 Å². The summed E-state index contributed by atoms with van der Waals surface area (Å²) in [5.41, 5.74) is 1.72. The lowest BCUT2D eigenvalue weighted by atomic mass is 10.1. The molecular weight excluding hydrogens is 291 g/mol. The minimum atomic E-state index is -0.382. The zero-order chi connectivity index (χ0) is 17.0. The number of aromatic hydroxyl groups is 1. The van der Waals surface area contributed by atoms with Gasteiger partial charge in [-0.15, -0.1) is 5.11 Å². The Morgan fingerprint density at radius 2 is 1.83 bits per heavy atom. The van der Waals surface area contributed by atoms with E-state index in [9.17, 15) is 9.90 Å². The van der Waals surface area contributed by atoms with Gasteiger partial charge in [-0.3, -0.25) is 9.36 Å². The van der Waals surface area contributed by atoms with E-state index in [0.29, 0.717) is 23.4 Å². The van der Waals surface area contributed by atoms with Gasteiger partial charge in [0.05, 0.1) is 5.69 Å². The Morgan fingerprint density at radius 1 is 1.17 bits per heavy atom. The molecule has 2 aromatic rings. The third-order valence-corrected chi connectivity index (χ3v) is 3.65. The first-order valence-electron chi connectivity index (χ1n) is 7.27. The number of benzene rings is 1. The molecule has 0 saturated carbocycles. The van der Waals surface area contributed by atoms with Gasteiger partial charge in [-0.25, -0.2) is 0 Å². The molecule has 0 atom stereocenters. The summed E-state index contributed by atoms with van der Waals surface area (Å²) >= 11 is 0. The van der Waals surface area contributed by atoms with Crippen LogP contribution >= 0.6 is 0 Å². The summed E-state index contributed by atoms with van der Waals surface area (Å²) in [5.74, 6) is -0.0620. The summed E-state index contributed by atoms with van der Waals surface area (Å²) in [6, 6.07) is 9.17. The van der Waals surface area contributed by atoms with Gasteiger partial charge in [0.2, 0.25) is 0 Å². The molecule has 0 aliphatic heterocycles. The fourth-order valence-electron chi connectivity index (χ4n) is 2.12. The van der Waals surface area contributed by atoms with Gasteiger partial charge in [0, 0.05) is 18.7 Å². The maximum atomic E-state index is 12.6. The summed E-state index contributed by atoms with van der Waals surface area (Å²) in [4.78, 5) is 14.0. The summed E-state index contributed by atoms with van der Waals surface area (Å²) in [6.45, 7) is 4.18. The molecule has 0 bridgehead atoms. The Hall–Kier alpha value is -2.41. The van der Waals surface area contributed by atoms with Crippen LogP contribution in [0, 0.1) is 13.8 Å². The van der Waals surface area contributed by atoms with Crippen molar-refractivity contribution in [2.75, 3.05) is 13.6 Å². The van der Waals surface area contributed by atoms with Crippen LogP contribution in [-0.2, 0) is 6.54 Å². The molecule has 0 amide bonds. The standard InChI is InChI=1S/C16H19BN4O2/c1-11-12(2)15(22)21(10-9-20(3)17)16(23)14(11)19-18-13-7-5-4-6-8-13/h4-8,22H,9-10H2,1-3H3. The molecule has 0 fully saturated rings. The van der Waals surface area contributed by atoms with E-state index in [4.69, 9.17) is 7.98 Å². The number of azo groups is 1. The van der Waals surface area contributed by atoms with Crippen molar-refractivity contribution in [3.63, 3.8) is 0 Å². The van der Waals surface area contributed by atoms with Crippen molar-refractivity contribution in [3.8, 4) is 5.88 Å². The second-order valence-electron chi connectivity index (χ2n) is 5.40. The monoisotopic (exact) mass is 310 g/mol. The lowest BCUT2D eigenvalue weighted by Gasteiger charge is -2.16. The zero-order valence-electron chi connectivity index (χ0n) is 13.5. The van der Waals surface area contributed by atoms with Crippen LogP contribution in [0.15, 0.2) is 45.4 Å². The Kier molecular flexibility index (Phi) is 5.34. The maximum Gasteiger partial charge on any atom is 0.281 e. The highest BCUT2D eigenvalue weighted by Crippen LogP contribution is 2.26. The van der Waals surface area contributed by atoms with Crippen molar-refractivity contribution in [2.24, 2.45) is 10.2 Å². The van der Waals surface area contributed by atoms with Crippen LogP contribution in [0.25, 0.3) is 0 Å². The predicted octanol–water partition coefficient (Wildman–Crippen LogP) is 2.60. The van der Waals surface area contributed by atoms with Crippen LogP contribution in [0.5, 0.6) is 5.88 Å². The maximum absolute atomic E-state index is 12.6. The average Bonchev–Trinajstić information content (AvgIpc) is 2.53. The van der Waals surface area contributed by atoms with E-state index in [-0.39, 0.29) is 23.7 Å². The van der Waals surface area contributed by atoms with Gasteiger partial charge in [0.15, 0.2) is 19.5 Å². The molecule has 2 radical (unpaired) electrons. The number of hydrogen-bond acceptors (Lipinski definition) is 5. The normalized spacial score (nSPS) is 11.5. The topological polar surface area (TPSA) is 70.2 Å². The number of rotatable bonds is 5. The number of likely N-dealkylation sites (N-methyl/N-ethyl adjacent to an activating group) is 1. The molecule has 1 aromatic heterocycles. The number of aromatic nitrogens is 1. The minimum Gasteiger partial charge on any atom is -0.494 e. The molecule has 23 heavy (non-hydrogen) atoms. The van der Waals surface area contributed by atoms with Crippen LogP contribution in [0.2, 0.25) is 0 Å². The zero-order valence-corrected chi connectivity index (χ0v) is 13.5. The lowest BCUT2D eigenvalue weighted by molar-refractivity contribution is 0.384. The molecule has 0 spiro atoms. The van der Waals surface area contributed by atoms with Gasteiger partial charge in [0.25, 0.3) is 5.56 Å². The van der Waals surface area contributed by atoms with E-state index in [1.54, 1.807) is 33.0 Å². The largest absolute Gasteiger partial charge is 0.494 e. The van der Waals surface area contributed by atoms with E-state index >= 15 is 0 Å². The van der Waals surface area contributed by atoms with Crippen molar-refractivity contribution in [1.29, 1.82) is 0 Å². The van der Waals surface area contributed by atoms with Gasteiger partial charge in [-0.2, -0.15) is 5.11 Å². The van der Waals surface area contributed by atoms with Crippen LogP contribution in [-0.4, -0.2) is 36.1 Å². The first-order chi connectivity index (χ1) is 10.9. The van der Waals surface area contributed by atoms with E-state index in [1.807, 2.05) is 18.2 Å². The van der Waals surface area contributed by atoms with Crippen LogP contribution in [0.3, 0.4) is 0 Å². The smallest absolute Gasteiger partial charge is 0.281 e. The Labute approximate surface area is 136 Å². The second-order valence-corrected chi connectivity index (χ2v) is 5.40. The summed E-state index contributed by atoms with van der Waals surface area (Å²) < 4.78 is 1.27. The van der Waals surface area contributed by atoms with E-state index in [2.05, 4.69) is 10.2 Å². The number of hydrogen-bond donors (Lipinski definition) is 1. The molecule has 7 heteroatoms. The fourth-order valence-corrected chi connectivity index (χ4v) is 2.12. The molecule has 1 aromatic carbocycles. The van der Waals surface area contributed by atoms with Gasteiger partial charge < -0.3 is 9.92 Å². The minimum absolute atomic E-state index is 0.0620. The Morgan fingerprint density at radius 3 is 2.43 bits per heavy atom. The predicted molar refractivity (Wildman–Crippen MR) is 90.8 cm³/mol. The molecule has 6 nitrogen and oxygen atoms in total. The van der Waals surface area contributed by atoms with Gasteiger partial charge in [0.1, 0.15) is 0 Å². The quantitative estimate of drug-likeness (QED) is 0.681. The van der Waals surface area contributed by atoms with Gasteiger partial charge in [-0.05, 0) is 38.6 Å². The fraction of sp³-hybridized carbons (Fsp3) is 0.312. The van der Waals surface area contributed by atoms with Crippen molar-refractivity contribution < 1.29 is 5.11 Å². The molecule has 0 aliphatic rings. The molecule has 1 N–H and O–H groups in total. The lowest BCUT2D eigenvalue weighted by Crippen LogP contribution is -2.28. The third-order valence-electron chi connectivity index (χ3n) is 3.65. The molecule has 0 aliphatic carbocycles. The Bertz CT molecular complexity index is 770. The third kappa shape index (κ3) is 3.87. The first-order valence-corrected chi connectivity index (χ1v) is 7.27. The SMILES string of the molecule is [B]N(C)CCn1c(O)c(C)c(C)c(N=Nc2ccccc2)c1=O. The molecule has 1 heterocycles. The molecular formula is C16H19BN4O2. The summed E-state index contributed by atoms with van der Waals surface area (Å²) in [7, 11) is 7.27. The number of nitrogens with zero attached hydrogens (tertiary/aromatic N) is 4. The van der Waals surface area contributed by atoms with Gasteiger partial charge in [-0.1, -0.05) is 18.2 Å². The van der Waals surface area contributed by atoms with Crippen LogP contribution in [0.4, 0.5) is 11.4 Å². The van der Waals surface area contributed by atoms with Crippen molar-refractivity contribution >= 4 is 19.4 Å². The van der Waals surface area contributed by atoms with Crippen LogP contribution in [0.1, 0.15) is 11.1 Å². The second kappa shape index (κ2) is 7.24. The highest BCUT2D eigenvalue weighted by Gasteiger charge is 2.16.